The lowest BCUT2D eigenvalue weighted by Crippen LogP contribution is -2.00. The molecule has 3 nitrogen and oxygen atoms in total. The standard InChI is InChI=1S/C7H12N2O/c1-3-4-9-6(2)5-7(10)8-9/h5H,3-4H2,1-2H3,(H,8,10). The van der Waals surface area contributed by atoms with Gasteiger partial charge in [0.2, 0.25) is 5.88 Å². The zero-order chi connectivity index (χ0) is 7.56. The average Bonchev–Trinajstić information content (AvgIpc) is 2.13. The van der Waals surface area contributed by atoms with Crippen molar-refractivity contribution in [1.29, 1.82) is 0 Å². The summed E-state index contributed by atoms with van der Waals surface area (Å²) in [7, 11) is 0. The lowest BCUT2D eigenvalue weighted by atomic mass is 10.4. The van der Waals surface area contributed by atoms with Crippen LogP contribution >= 0.6 is 0 Å². The fraction of sp³-hybridized carbons (Fsp3) is 0.571. The van der Waals surface area contributed by atoms with Crippen LogP contribution in [0.15, 0.2) is 6.07 Å². The maximum atomic E-state index is 8.93. The van der Waals surface area contributed by atoms with E-state index in [1.165, 1.54) is 0 Å². The summed E-state index contributed by atoms with van der Waals surface area (Å²) in [5, 5.41) is 12.8. The van der Waals surface area contributed by atoms with Crippen molar-refractivity contribution in [1.82, 2.24) is 9.78 Å². The molecule has 0 amide bonds. The molecular formula is C7H12N2O. The highest BCUT2D eigenvalue weighted by atomic mass is 16.3. The predicted octanol–water partition coefficient (Wildman–Crippen LogP) is 1.31. The Labute approximate surface area is 60.3 Å². The largest absolute Gasteiger partial charge is 0.492 e. The summed E-state index contributed by atoms with van der Waals surface area (Å²) in [6.45, 7) is 4.90. The molecule has 10 heavy (non-hydrogen) atoms. The van der Waals surface area contributed by atoms with Gasteiger partial charge in [0.15, 0.2) is 0 Å². The van der Waals surface area contributed by atoms with Gasteiger partial charge in [0.05, 0.1) is 0 Å². The molecule has 1 rings (SSSR count). The Bertz CT molecular complexity index is 217. The molecule has 0 saturated heterocycles. The summed E-state index contributed by atoms with van der Waals surface area (Å²) in [6.07, 6.45) is 1.04. The molecule has 0 aliphatic rings. The van der Waals surface area contributed by atoms with Gasteiger partial charge in [-0.1, -0.05) is 6.92 Å². The Hall–Kier alpha value is -0.990. The number of hydrogen-bond acceptors (Lipinski definition) is 2. The van der Waals surface area contributed by atoms with Crippen LogP contribution in [0.2, 0.25) is 0 Å². The quantitative estimate of drug-likeness (QED) is 0.672. The Balaban J connectivity index is 2.81. The fourth-order valence-corrected chi connectivity index (χ4v) is 0.931. The van der Waals surface area contributed by atoms with Crippen LogP contribution in [0.4, 0.5) is 0 Å². The summed E-state index contributed by atoms with van der Waals surface area (Å²) >= 11 is 0. The molecule has 0 radical (unpaired) electrons. The zero-order valence-electron chi connectivity index (χ0n) is 6.33. The van der Waals surface area contributed by atoms with E-state index in [0.717, 1.165) is 18.7 Å². The SMILES string of the molecule is CCCn1nc(O)cc1C. The molecule has 0 aliphatic heterocycles. The van der Waals surface area contributed by atoms with Gasteiger partial charge in [0.25, 0.3) is 0 Å². The van der Waals surface area contributed by atoms with Gasteiger partial charge < -0.3 is 5.11 Å². The molecule has 1 aromatic rings. The summed E-state index contributed by atoms with van der Waals surface area (Å²) in [6, 6.07) is 1.66. The van der Waals surface area contributed by atoms with E-state index in [4.69, 9.17) is 5.11 Å². The van der Waals surface area contributed by atoms with Crippen molar-refractivity contribution in [2.45, 2.75) is 26.8 Å². The minimum atomic E-state index is 0.117. The Morgan fingerprint density at radius 2 is 2.40 bits per heavy atom. The van der Waals surface area contributed by atoms with Gasteiger partial charge in [0, 0.05) is 18.3 Å². The number of nitrogens with zero attached hydrogens (tertiary/aromatic N) is 2. The number of aromatic hydroxyl groups is 1. The van der Waals surface area contributed by atoms with Crippen LogP contribution in [0, 0.1) is 6.92 Å². The van der Waals surface area contributed by atoms with E-state index >= 15 is 0 Å². The van der Waals surface area contributed by atoms with Gasteiger partial charge in [-0.3, -0.25) is 4.68 Å². The molecule has 0 aromatic carbocycles. The molecule has 0 saturated carbocycles. The van der Waals surface area contributed by atoms with Gasteiger partial charge in [-0.15, -0.1) is 5.10 Å². The van der Waals surface area contributed by atoms with Crippen molar-refractivity contribution >= 4 is 0 Å². The predicted molar refractivity (Wildman–Crippen MR) is 38.9 cm³/mol. The van der Waals surface area contributed by atoms with E-state index in [2.05, 4.69) is 12.0 Å². The van der Waals surface area contributed by atoms with Crippen LogP contribution in [-0.4, -0.2) is 14.9 Å². The summed E-state index contributed by atoms with van der Waals surface area (Å²) < 4.78 is 1.80. The van der Waals surface area contributed by atoms with Crippen LogP contribution in [0.3, 0.4) is 0 Å². The number of aryl methyl sites for hydroxylation is 2. The van der Waals surface area contributed by atoms with Crippen molar-refractivity contribution in [3.63, 3.8) is 0 Å². The van der Waals surface area contributed by atoms with Crippen LogP contribution in [0.5, 0.6) is 5.88 Å². The number of rotatable bonds is 2. The lowest BCUT2D eigenvalue weighted by Gasteiger charge is -1.98. The maximum absolute atomic E-state index is 8.93. The summed E-state index contributed by atoms with van der Waals surface area (Å²) in [5.74, 6) is 0.117. The highest BCUT2D eigenvalue weighted by molar-refractivity contribution is 5.11. The first kappa shape index (κ1) is 7.12. The van der Waals surface area contributed by atoms with Crippen molar-refractivity contribution in [3.05, 3.63) is 11.8 Å². The van der Waals surface area contributed by atoms with Gasteiger partial charge in [-0.25, -0.2) is 0 Å². The second kappa shape index (κ2) is 2.73. The summed E-state index contributed by atoms with van der Waals surface area (Å²) in [5.41, 5.74) is 1.01. The van der Waals surface area contributed by atoms with E-state index in [-0.39, 0.29) is 5.88 Å². The van der Waals surface area contributed by atoms with Crippen molar-refractivity contribution < 1.29 is 5.11 Å². The topological polar surface area (TPSA) is 38.0 Å². The van der Waals surface area contributed by atoms with E-state index in [1.807, 2.05) is 6.92 Å². The van der Waals surface area contributed by atoms with Crippen molar-refractivity contribution in [2.75, 3.05) is 0 Å². The summed E-state index contributed by atoms with van der Waals surface area (Å²) in [4.78, 5) is 0. The normalized spacial score (nSPS) is 10.2. The second-order valence-corrected chi connectivity index (χ2v) is 2.37. The minimum Gasteiger partial charge on any atom is -0.492 e. The minimum absolute atomic E-state index is 0.117. The molecule has 1 aromatic heterocycles. The third-order valence-corrected chi connectivity index (χ3v) is 1.40. The van der Waals surface area contributed by atoms with Crippen molar-refractivity contribution in [3.8, 4) is 5.88 Å². The highest BCUT2D eigenvalue weighted by Crippen LogP contribution is 2.08. The van der Waals surface area contributed by atoms with Crippen LogP contribution in [0.1, 0.15) is 19.0 Å². The fourth-order valence-electron chi connectivity index (χ4n) is 0.931. The molecule has 3 heteroatoms. The van der Waals surface area contributed by atoms with E-state index in [9.17, 15) is 0 Å². The first-order valence-electron chi connectivity index (χ1n) is 3.47. The average molecular weight is 140 g/mol. The third kappa shape index (κ3) is 1.29. The Kier molecular flexibility index (Phi) is 1.94. The van der Waals surface area contributed by atoms with E-state index in [0.29, 0.717) is 0 Å². The molecular weight excluding hydrogens is 128 g/mol. The molecule has 1 N–H and O–H groups in total. The molecule has 56 valence electrons. The highest BCUT2D eigenvalue weighted by Gasteiger charge is 1.99. The first-order chi connectivity index (χ1) is 4.74. The Morgan fingerprint density at radius 1 is 1.70 bits per heavy atom. The van der Waals surface area contributed by atoms with Gasteiger partial charge in [-0.05, 0) is 13.3 Å². The Morgan fingerprint density at radius 3 is 2.80 bits per heavy atom. The monoisotopic (exact) mass is 140 g/mol. The van der Waals surface area contributed by atoms with Gasteiger partial charge in [-0.2, -0.15) is 0 Å². The second-order valence-electron chi connectivity index (χ2n) is 2.37. The van der Waals surface area contributed by atoms with Crippen LogP contribution in [0.25, 0.3) is 0 Å². The number of aromatic nitrogens is 2. The molecule has 0 bridgehead atoms. The van der Waals surface area contributed by atoms with Crippen LogP contribution < -0.4 is 0 Å². The molecule has 0 fully saturated rings. The number of hydrogen-bond donors (Lipinski definition) is 1. The maximum Gasteiger partial charge on any atom is 0.230 e. The van der Waals surface area contributed by atoms with Gasteiger partial charge >= 0.3 is 0 Å². The van der Waals surface area contributed by atoms with E-state index in [1.54, 1.807) is 10.7 Å². The third-order valence-electron chi connectivity index (χ3n) is 1.40. The molecule has 0 spiro atoms. The smallest absolute Gasteiger partial charge is 0.230 e. The molecule has 0 atom stereocenters. The molecule has 0 aliphatic carbocycles. The zero-order valence-corrected chi connectivity index (χ0v) is 6.33. The molecule has 1 heterocycles. The first-order valence-corrected chi connectivity index (χ1v) is 3.47. The molecule has 0 unspecified atom stereocenters. The van der Waals surface area contributed by atoms with E-state index < -0.39 is 0 Å². The lowest BCUT2D eigenvalue weighted by molar-refractivity contribution is 0.435. The van der Waals surface area contributed by atoms with Gasteiger partial charge in [0.1, 0.15) is 0 Å². The van der Waals surface area contributed by atoms with Crippen molar-refractivity contribution in [2.24, 2.45) is 0 Å². The van der Waals surface area contributed by atoms with Crippen LogP contribution in [-0.2, 0) is 6.54 Å².